The fourth-order valence-electron chi connectivity index (χ4n) is 1.89. The lowest BCUT2D eigenvalue weighted by atomic mass is 10.2. The molecule has 8 heteroatoms. The number of tetrazole rings is 1. The molecule has 0 radical (unpaired) electrons. The van der Waals surface area contributed by atoms with Crippen LogP contribution in [0.15, 0.2) is 45.3 Å². The monoisotopic (exact) mass is 426 g/mol. The SMILES string of the molecule is Fc1cccc(COc2c(Br)cc(-c3nn[nH]n3)cc2Br)c1. The average molecular weight is 428 g/mol. The van der Waals surface area contributed by atoms with Crippen molar-refractivity contribution in [3.8, 4) is 17.1 Å². The van der Waals surface area contributed by atoms with Gasteiger partial charge in [-0.05, 0) is 66.9 Å². The van der Waals surface area contributed by atoms with E-state index in [0.29, 0.717) is 11.6 Å². The molecule has 0 fully saturated rings. The zero-order valence-corrected chi connectivity index (χ0v) is 14.2. The van der Waals surface area contributed by atoms with Crippen LogP contribution in [0, 0.1) is 5.82 Å². The molecule has 0 saturated heterocycles. The molecule has 22 heavy (non-hydrogen) atoms. The third-order valence-corrected chi connectivity index (χ3v) is 4.05. The van der Waals surface area contributed by atoms with Crippen molar-refractivity contribution in [2.24, 2.45) is 0 Å². The Hall–Kier alpha value is -1.80. The summed E-state index contributed by atoms with van der Waals surface area (Å²) in [6, 6.07) is 9.95. The van der Waals surface area contributed by atoms with Gasteiger partial charge in [-0.3, -0.25) is 0 Å². The highest BCUT2D eigenvalue weighted by molar-refractivity contribution is 9.11. The Bertz CT molecular complexity index is 772. The zero-order valence-electron chi connectivity index (χ0n) is 11.1. The van der Waals surface area contributed by atoms with E-state index in [2.05, 4.69) is 52.5 Å². The molecule has 2 aromatic carbocycles. The number of aromatic amines is 1. The van der Waals surface area contributed by atoms with Crippen molar-refractivity contribution in [2.75, 3.05) is 0 Å². The number of hydrogen-bond acceptors (Lipinski definition) is 4. The lowest BCUT2D eigenvalue weighted by Gasteiger charge is -2.11. The number of ether oxygens (including phenoxy) is 1. The van der Waals surface area contributed by atoms with Gasteiger partial charge in [0.15, 0.2) is 0 Å². The number of H-pyrrole nitrogens is 1. The van der Waals surface area contributed by atoms with Crippen LogP contribution >= 0.6 is 31.9 Å². The average Bonchev–Trinajstić information content (AvgIpc) is 3.00. The summed E-state index contributed by atoms with van der Waals surface area (Å²) in [5.41, 5.74) is 1.53. The largest absolute Gasteiger partial charge is 0.487 e. The highest BCUT2D eigenvalue weighted by atomic mass is 79.9. The number of benzene rings is 2. The number of nitrogens with zero attached hydrogens (tertiary/aromatic N) is 3. The van der Waals surface area contributed by atoms with Gasteiger partial charge in [0.2, 0.25) is 5.82 Å². The minimum absolute atomic E-state index is 0.260. The molecule has 1 heterocycles. The van der Waals surface area contributed by atoms with E-state index in [9.17, 15) is 4.39 Å². The molecule has 0 amide bonds. The van der Waals surface area contributed by atoms with Crippen LogP contribution in [0.5, 0.6) is 5.75 Å². The fraction of sp³-hybridized carbons (Fsp3) is 0.0714. The Labute approximate surface area is 142 Å². The molecule has 0 aliphatic heterocycles. The normalized spacial score (nSPS) is 10.7. The maximum absolute atomic E-state index is 13.2. The van der Waals surface area contributed by atoms with Crippen molar-refractivity contribution in [1.82, 2.24) is 20.6 Å². The Morgan fingerprint density at radius 2 is 1.91 bits per heavy atom. The van der Waals surface area contributed by atoms with Crippen molar-refractivity contribution in [3.63, 3.8) is 0 Å². The van der Waals surface area contributed by atoms with Crippen LogP contribution in [-0.2, 0) is 6.61 Å². The summed E-state index contributed by atoms with van der Waals surface area (Å²) in [4.78, 5) is 0. The molecule has 5 nitrogen and oxygen atoms in total. The summed E-state index contributed by atoms with van der Waals surface area (Å²) in [5.74, 6) is 0.821. The van der Waals surface area contributed by atoms with Crippen LogP contribution in [-0.4, -0.2) is 20.6 Å². The standard InChI is InChI=1S/C14H9Br2FN4O/c15-11-5-9(14-18-20-21-19-14)6-12(16)13(11)22-7-8-2-1-3-10(17)4-8/h1-6H,7H2,(H,18,19,20,21). The maximum Gasteiger partial charge on any atom is 0.204 e. The summed E-state index contributed by atoms with van der Waals surface area (Å²) in [6.45, 7) is 0.260. The van der Waals surface area contributed by atoms with Gasteiger partial charge < -0.3 is 4.74 Å². The van der Waals surface area contributed by atoms with Gasteiger partial charge in [0.1, 0.15) is 18.2 Å². The molecule has 0 bridgehead atoms. The van der Waals surface area contributed by atoms with E-state index in [4.69, 9.17) is 4.74 Å². The first-order valence-electron chi connectivity index (χ1n) is 6.23. The summed E-state index contributed by atoms with van der Waals surface area (Å²) in [7, 11) is 0. The number of nitrogens with one attached hydrogen (secondary N) is 1. The predicted octanol–water partition coefficient (Wildman–Crippen LogP) is 4.11. The molecule has 0 aliphatic carbocycles. The molecule has 0 atom stereocenters. The van der Waals surface area contributed by atoms with Gasteiger partial charge in [0.05, 0.1) is 8.95 Å². The fourth-order valence-corrected chi connectivity index (χ4v) is 3.31. The zero-order chi connectivity index (χ0) is 15.5. The first kappa shape index (κ1) is 15.1. The smallest absolute Gasteiger partial charge is 0.204 e. The van der Waals surface area contributed by atoms with Crippen LogP contribution in [0.4, 0.5) is 4.39 Å². The quantitative estimate of drug-likeness (QED) is 0.680. The van der Waals surface area contributed by atoms with Crippen LogP contribution in [0.25, 0.3) is 11.4 Å². The van der Waals surface area contributed by atoms with Gasteiger partial charge >= 0.3 is 0 Å². The lowest BCUT2D eigenvalue weighted by molar-refractivity contribution is 0.301. The molecule has 3 rings (SSSR count). The second-order valence-electron chi connectivity index (χ2n) is 4.42. The first-order valence-corrected chi connectivity index (χ1v) is 7.82. The van der Waals surface area contributed by atoms with Gasteiger partial charge in [0.25, 0.3) is 0 Å². The van der Waals surface area contributed by atoms with E-state index in [0.717, 1.165) is 20.1 Å². The Morgan fingerprint density at radius 1 is 1.14 bits per heavy atom. The lowest BCUT2D eigenvalue weighted by Crippen LogP contribution is -1.98. The minimum atomic E-state index is -0.285. The second kappa shape index (κ2) is 6.53. The number of halogens is 3. The molecule has 112 valence electrons. The highest BCUT2D eigenvalue weighted by Crippen LogP contribution is 2.37. The highest BCUT2D eigenvalue weighted by Gasteiger charge is 2.12. The van der Waals surface area contributed by atoms with E-state index in [1.54, 1.807) is 12.1 Å². The van der Waals surface area contributed by atoms with E-state index < -0.39 is 0 Å². The summed E-state index contributed by atoms with van der Waals surface area (Å²) >= 11 is 6.91. The number of rotatable bonds is 4. The van der Waals surface area contributed by atoms with E-state index in [1.165, 1.54) is 12.1 Å². The molecule has 0 unspecified atom stereocenters. The Morgan fingerprint density at radius 3 is 2.55 bits per heavy atom. The first-order chi connectivity index (χ1) is 10.6. The van der Waals surface area contributed by atoms with Crippen molar-refractivity contribution in [3.05, 3.63) is 56.7 Å². The topological polar surface area (TPSA) is 63.7 Å². The van der Waals surface area contributed by atoms with Crippen LogP contribution in [0.2, 0.25) is 0 Å². The van der Waals surface area contributed by atoms with Crippen LogP contribution < -0.4 is 4.74 Å². The molecule has 1 N–H and O–H groups in total. The molecule has 0 spiro atoms. The van der Waals surface area contributed by atoms with E-state index in [1.807, 2.05) is 12.1 Å². The van der Waals surface area contributed by atoms with Gasteiger partial charge in [-0.15, -0.1) is 10.2 Å². The van der Waals surface area contributed by atoms with Crippen LogP contribution in [0.3, 0.4) is 0 Å². The minimum Gasteiger partial charge on any atom is -0.487 e. The Balaban J connectivity index is 1.82. The molecule has 1 aromatic heterocycles. The molecular formula is C14H9Br2FN4O. The predicted molar refractivity (Wildman–Crippen MR) is 85.7 cm³/mol. The molecular weight excluding hydrogens is 419 g/mol. The molecule has 0 aliphatic rings. The molecule has 0 saturated carbocycles. The van der Waals surface area contributed by atoms with Crippen molar-refractivity contribution < 1.29 is 9.13 Å². The summed E-state index contributed by atoms with van der Waals surface area (Å²) < 4.78 is 20.4. The van der Waals surface area contributed by atoms with Crippen LogP contribution in [0.1, 0.15) is 5.56 Å². The maximum atomic E-state index is 13.2. The third-order valence-electron chi connectivity index (χ3n) is 2.87. The van der Waals surface area contributed by atoms with Gasteiger partial charge in [-0.1, -0.05) is 12.1 Å². The van der Waals surface area contributed by atoms with Gasteiger partial charge in [0, 0.05) is 5.56 Å². The number of hydrogen-bond donors (Lipinski definition) is 1. The van der Waals surface area contributed by atoms with E-state index >= 15 is 0 Å². The van der Waals surface area contributed by atoms with E-state index in [-0.39, 0.29) is 12.4 Å². The number of aromatic nitrogens is 4. The van der Waals surface area contributed by atoms with Crippen molar-refractivity contribution in [1.29, 1.82) is 0 Å². The summed E-state index contributed by atoms with van der Waals surface area (Å²) in [5, 5.41) is 13.8. The van der Waals surface area contributed by atoms with Gasteiger partial charge in [-0.25, -0.2) is 4.39 Å². The second-order valence-corrected chi connectivity index (χ2v) is 6.13. The molecule has 3 aromatic rings. The Kier molecular flexibility index (Phi) is 4.49. The van der Waals surface area contributed by atoms with Crippen molar-refractivity contribution in [2.45, 2.75) is 6.61 Å². The third kappa shape index (κ3) is 3.33. The summed E-state index contributed by atoms with van der Waals surface area (Å²) in [6.07, 6.45) is 0. The van der Waals surface area contributed by atoms with Crippen molar-refractivity contribution >= 4 is 31.9 Å². The van der Waals surface area contributed by atoms with Gasteiger partial charge in [-0.2, -0.15) is 5.21 Å².